The number of carbonyl (C=O) groups is 2. The SMILES string of the molecule is COc1ccc(NC(=O)[C@H](C)N2CCN(CC(=O)N3CCCCCC3)CC2)cc1OC. The number of nitrogens with one attached hydrogen (secondary N) is 1. The number of carbonyl (C=O) groups excluding carboxylic acids is 2. The Morgan fingerprint density at radius 2 is 1.58 bits per heavy atom. The molecule has 1 aromatic carbocycles. The zero-order chi connectivity index (χ0) is 22.2. The zero-order valence-corrected chi connectivity index (χ0v) is 19.1. The minimum Gasteiger partial charge on any atom is -0.493 e. The van der Waals surface area contributed by atoms with E-state index in [1.54, 1.807) is 32.4 Å². The fourth-order valence-electron chi connectivity index (χ4n) is 4.25. The van der Waals surface area contributed by atoms with Crippen LogP contribution in [-0.4, -0.2) is 92.6 Å². The highest BCUT2D eigenvalue weighted by Crippen LogP contribution is 2.29. The van der Waals surface area contributed by atoms with Crippen molar-refractivity contribution in [3.8, 4) is 11.5 Å². The van der Waals surface area contributed by atoms with E-state index >= 15 is 0 Å². The molecule has 0 bridgehead atoms. The van der Waals surface area contributed by atoms with E-state index in [0.29, 0.717) is 23.7 Å². The molecule has 0 saturated carbocycles. The van der Waals surface area contributed by atoms with Crippen LogP contribution in [0.15, 0.2) is 18.2 Å². The number of hydrogen-bond donors (Lipinski definition) is 1. The number of piperazine rings is 1. The summed E-state index contributed by atoms with van der Waals surface area (Å²) in [5, 5.41) is 2.97. The Morgan fingerprint density at radius 3 is 2.19 bits per heavy atom. The second-order valence-corrected chi connectivity index (χ2v) is 8.34. The Hall–Kier alpha value is -2.32. The van der Waals surface area contributed by atoms with Crippen molar-refractivity contribution in [3.05, 3.63) is 18.2 Å². The lowest BCUT2D eigenvalue weighted by Crippen LogP contribution is -2.54. The molecule has 0 aromatic heterocycles. The van der Waals surface area contributed by atoms with Crippen molar-refractivity contribution in [3.63, 3.8) is 0 Å². The second-order valence-electron chi connectivity index (χ2n) is 8.34. The maximum absolute atomic E-state index is 12.8. The third kappa shape index (κ3) is 6.33. The molecule has 31 heavy (non-hydrogen) atoms. The van der Waals surface area contributed by atoms with Crippen LogP contribution in [0.4, 0.5) is 5.69 Å². The van der Waals surface area contributed by atoms with Gasteiger partial charge in [-0.05, 0) is 31.9 Å². The van der Waals surface area contributed by atoms with Gasteiger partial charge in [0.15, 0.2) is 11.5 Å². The quantitative estimate of drug-likeness (QED) is 0.711. The van der Waals surface area contributed by atoms with Crippen LogP contribution in [0, 0.1) is 0 Å². The van der Waals surface area contributed by atoms with Crippen LogP contribution < -0.4 is 14.8 Å². The molecule has 2 aliphatic rings. The molecule has 2 saturated heterocycles. The van der Waals surface area contributed by atoms with E-state index in [4.69, 9.17) is 9.47 Å². The number of amides is 2. The molecule has 1 aromatic rings. The van der Waals surface area contributed by atoms with Gasteiger partial charge in [-0.3, -0.25) is 19.4 Å². The maximum atomic E-state index is 12.8. The Labute approximate surface area is 185 Å². The van der Waals surface area contributed by atoms with E-state index in [9.17, 15) is 9.59 Å². The van der Waals surface area contributed by atoms with E-state index < -0.39 is 0 Å². The molecule has 0 aliphatic carbocycles. The summed E-state index contributed by atoms with van der Waals surface area (Å²) >= 11 is 0. The van der Waals surface area contributed by atoms with Gasteiger partial charge in [0.25, 0.3) is 0 Å². The van der Waals surface area contributed by atoms with Gasteiger partial charge in [-0.1, -0.05) is 12.8 Å². The molecule has 8 heteroatoms. The largest absolute Gasteiger partial charge is 0.493 e. The summed E-state index contributed by atoms with van der Waals surface area (Å²) in [6.07, 6.45) is 4.69. The average molecular weight is 433 g/mol. The lowest BCUT2D eigenvalue weighted by molar-refractivity contribution is -0.133. The Kier molecular flexibility index (Phi) is 8.54. The molecular weight excluding hydrogens is 396 g/mol. The van der Waals surface area contributed by atoms with Gasteiger partial charge in [0.05, 0.1) is 26.8 Å². The third-order valence-corrected chi connectivity index (χ3v) is 6.30. The summed E-state index contributed by atoms with van der Waals surface area (Å²) in [5.74, 6) is 1.39. The van der Waals surface area contributed by atoms with Crippen LogP contribution in [0.5, 0.6) is 11.5 Å². The van der Waals surface area contributed by atoms with Crippen LogP contribution in [0.25, 0.3) is 0 Å². The molecule has 0 radical (unpaired) electrons. The van der Waals surface area contributed by atoms with Crippen molar-refractivity contribution in [1.29, 1.82) is 0 Å². The lowest BCUT2D eigenvalue weighted by Gasteiger charge is -2.37. The molecule has 172 valence electrons. The van der Waals surface area contributed by atoms with E-state index in [1.807, 2.05) is 11.8 Å². The Morgan fingerprint density at radius 1 is 0.935 bits per heavy atom. The molecular formula is C23H36N4O4. The number of hydrogen-bond acceptors (Lipinski definition) is 6. The highest BCUT2D eigenvalue weighted by atomic mass is 16.5. The number of anilines is 1. The summed E-state index contributed by atoms with van der Waals surface area (Å²) in [6.45, 7) is 7.34. The van der Waals surface area contributed by atoms with Gasteiger partial charge < -0.3 is 19.7 Å². The first kappa shape index (κ1) is 23.3. The molecule has 2 amide bonds. The first-order valence-corrected chi connectivity index (χ1v) is 11.3. The second kappa shape index (κ2) is 11.3. The van der Waals surface area contributed by atoms with Gasteiger partial charge in [0, 0.05) is 51.0 Å². The van der Waals surface area contributed by atoms with Crippen LogP contribution in [0.2, 0.25) is 0 Å². The summed E-state index contributed by atoms with van der Waals surface area (Å²) in [7, 11) is 3.16. The van der Waals surface area contributed by atoms with Crippen molar-refractivity contribution >= 4 is 17.5 Å². The van der Waals surface area contributed by atoms with Crippen molar-refractivity contribution < 1.29 is 19.1 Å². The van der Waals surface area contributed by atoms with Gasteiger partial charge in [-0.25, -0.2) is 0 Å². The van der Waals surface area contributed by atoms with Gasteiger partial charge in [0.1, 0.15) is 0 Å². The van der Waals surface area contributed by atoms with Crippen LogP contribution in [0.3, 0.4) is 0 Å². The molecule has 2 heterocycles. The number of benzene rings is 1. The standard InChI is InChI=1S/C23H36N4O4/c1-18(23(29)24-19-8-9-20(30-2)21(16-19)31-3)26-14-12-25(13-15-26)17-22(28)27-10-6-4-5-7-11-27/h8-9,16,18H,4-7,10-15,17H2,1-3H3,(H,24,29)/t18-/m0/s1. The van der Waals surface area contributed by atoms with Crippen molar-refractivity contribution in [1.82, 2.24) is 14.7 Å². The number of rotatable bonds is 7. The average Bonchev–Trinajstić information content (AvgIpc) is 3.08. The minimum atomic E-state index is -0.253. The highest BCUT2D eigenvalue weighted by molar-refractivity contribution is 5.94. The van der Waals surface area contributed by atoms with Gasteiger partial charge >= 0.3 is 0 Å². The number of ether oxygens (including phenoxy) is 2. The summed E-state index contributed by atoms with van der Waals surface area (Å²) < 4.78 is 10.5. The summed E-state index contributed by atoms with van der Waals surface area (Å²) in [6, 6.07) is 5.09. The number of likely N-dealkylation sites (tertiary alicyclic amines) is 1. The highest BCUT2D eigenvalue weighted by Gasteiger charge is 2.27. The molecule has 2 aliphatic heterocycles. The fraction of sp³-hybridized carbons (Fsp3) is 0.652. The lowest BCUT2D eigenvalue weighted by atomic mass is 10.2. The third-order valence-electron chi connectivity index (χ3n) is 6.30. The van der Waals surface area contributed by atoms with Crippen molar-refractivity contribution in [2.24, 2.45) is 0 Å². The van der Waals surface area contributed by atoms with E-state index in [2.05, 4.69) is 15.1 Å². The van der Waals surface area contributed by atoms with Crippen LogP contribution >= 0.6 is 0 Å². The molecule has 8 nitrogen and oxygen atoms in total. The molecule has 1 atom stereocenters. The smallest absolute Gasteiger partial charge is 0.241 e. The monoisotopic (exact) mass is 432 g/mol. The predicted octanol–water partition coefficient (Wildman–Crippen LogP) is 2.05. The molecule has 2 fully saturated rings. The van der Waals surface area contributed by atoms with Crippen LogP contribution in [0.1, 0.15) is 32.6 Å². The van der Waals surface area contributed by atoms with Crippen molar-refractivity contribution in [2.75, 3.05) is 65.3 Å². The van der Waals surface area contributed by atoms with E-state index in [1.165, 1.54) is 12.8 Å². The number of nitrogens with zero attached hydrogens (tertiary/aromatic N) is 3. The fourth-order valence-corrected chi connectivity index (χ4v) is 4.25. The summed E-state index contributed by atoms with van der Waals surface area (Å²) in [5.41, 5.74) is 0.677. The normalized spacial score (nSPS) is 19.4. The Bertz CT molecular complexity index is 741. The molecule has 0 spiro atoms. The van der Waals surface area contributed by atoms with Gasteiger partial charge in [-0.15, -0.1) is 0 Å². The Balaban J connectivity index is 1.46. The zero-order valence-electron chi connectivity index (χ0n) is 19.1. The summed E-state index contributed by atoms with van der Waals surface area (Å²) in [4.78, 5) is 31.8. The van der Waals surface area contributed by atoms with Gasteiger partial charge in [0.2, 0.25) is 11.8 Å². The first-order chi connectivity index (χ1) is 15.0. The number of methoxy groups -OCH3 is 2. The van der Waals surface area contributed by atoms with Gasteiger partial charge in [-0.2, -0.15) is 0 Å². The molecule has 3 rings (SSSR count). The minimum absolute atomic E-state index is 0.0543. The van der Waals surface area contributed by atoms with E-state index in [0.717, 1.165) is 52.1 Å². The van der Waals surface area contributed by atoms with Crippen LogP contribution in [-0.2, 0) is 9.59 Å². The maximum Gasteiger partial charge on any atom is 0.241 e. The first-order valence-electron chi connectivity index (χ1n) is 11.3. The predicted molar refractivity (Wildman–Crippen MR) is 121 cm³/mol. The topological polar surface area (TPSA) is 74.4 Å². The van der Waals surface area contributed by atoms with E-state index in [-0.39, 0.29) is 17.9 Å². The molecule has 0 unspecified atom stereocenters. The molecule has 1 N–H and O–H groups in total. The van der Waals surface area contributed by atoms with Crippen molar-refractivity contribution in [2.45, 2.75) is 38.6 Å².